The Kier molecular flexibility index (Phi) is 14.5. The summed E-state index contributed by atoms with van der Waals surface area (Å²) in [6, 6.07) is 29.7. The second kappa shape index (κ2) is 16.0. The molecule has 3 nitrogen and oxygen atoms in total. The van der Waals surface area contributed by atoms with Gasteiger partial charge in [0.15, 0.2) is 0 Å². The van der Waals surface area contributed by atoms with Gasteiger partial charge in [-0.2, -0.15) is 66.2 Å². The number of allylic oxidation sites excluding steroid dienone is 1. The van der Waals surface area contributed by atoms with Gasteiger partial charge in [0.25, 0.3) is 0 Å². The first-order valence-electron chi connectivity index (χ1n) is 9.15. The van der Waals surface area contributed by atoms with Gasteiger partial charge in [-0.15, -0.1) is 12.1 Å². The first kappa shape index (κ1) is 28.2. The molecule has 0 aliphatic heterocycles. The zero-order valence-electron chi connectivity index (χ0n) is 16.9. The quantitative estimate of drug-likeness (QED) is 0.115. The van der Waals surface area contributed by atoms with Gasteiger partial charge >= 0.3 is 34.1 Å². The minimum atomic E-state index is 0. The van der Waals surface area contributed by atoms with E-state index in [1.807, 2.05) is 91.0 Å². The maximum atomic E-state index is 11.5. The predicted molar refractivity (Wildman–Crippen MR) is 117 cm³/mol. The Labute approximate surface area is 204 Å². The van der Waals surface area contributed by atoms with Crippen molar-refractivity contribution in [1.29, 1.82) is 0 Å². The molecule has 4 aromatic rings. The van der Waals surface area contributed by atoms with Crippen LogP contribution in [0.4, 0.5) is 0 Å². The van der Waals surface area contributed by atoms with Gasteiger partial charge in [0.05, 0.1) is 6.29 Å². The molecule has 160 valence electrons. The van der Waals surface area contributed by atoms with Crippen LogP contribution in [0.5, 0.6) is 0 Å². The molecule has 0 amide bonds. The number of carbonyl (C=O) groups is 3. The van der Waals surface area contributed by atoms with Crippen molar-refractivity contribution < 1.29 is 48.5 Å². The van der Waals surface area contributed by atoms with E-state index in [0.717, 1.165) is 28.5 Å². The van der Waals surface area contributed by atoms with E-state index in [1.165, 1.54) is 0 Å². The van der Waals surface area contributed by atoms with Gasteiger partial charge in [-0.3, -0.25) is 0 Å². The number of rotatable bonds is 5. The maximum absolute atomic E-state index is 11.5. The Morgan fingerprint density at radius 2 is 1.35 bits per heavy atom. The van der Waals surface area contributed by atoms with Crippen LogP contribution in [0.2, 0.25) is 0 Å². The molecule has 4 rings (SSSR count). The van der Waals surface area contributed by atoms with Gasteiger partial charge in [-0.1, -0.05) is 22.8 Å². The molecule has 0 bridgehead atoms. The molecule has 31 heavy (non-hydrogen) atoms. The molecule has 0 saturated carbocycles. The van der Waals surface area contributed by atoms with E-state index >= 15 is 0 Å². The summed E-state index contributed by atoms with van der Waals surface area (Å²) < 4.78 is 0. The maximum Gasteiger partial charge on any atom is 2.00 e. The Balaban J connectivity index is 0.000000457. The fourth-order valence-corrected chi connectivity index (χ4v) is 2.38. The number of aldehydes is 1. The van der Waals surface area contributed by atoms with Crippen molar-refractivity contribution in [2.24, 2.45) is 0 Å². The third kappa shape index (κ3) is 10.7. The molecule has 0 aliphatic carbocycles. The number of ketones is 2. The molecular weight excluding hydrogens is 472 g/mol. The minimum absolute atomic E-state index is 0. The number of Topliss-reactive ketones (excluding diaryl/α,β-unsaturated/α-hetero) is 1. The van der Waals surface area contributed by atoms with Crippen LogP contribution < -0.4 is 0 Å². The molecule has 0 aromatic heterocycles. The van der Waals surface area contributed by atoms with Gasteiger partial charge in [-0.05, 0) is 6.92 Å². The molecule has 0 heterocycles. The summed E-state index contributed by atoms with van der Waals surface area (Å²) in [7, 11) is 0. The van der Waals surface area contributed by atoms with Crippen molar-refractivity contribution in [2.45, 2.75) is 6.92 Å². The minimum Gasteiger partial charge on any atom is -0.312 e. The second-order valence-electron chi connectivity index (χ2n) is 6.16. The van der Waals surface area contributed by atoms with Crippen LogP contribution in [0.3, 0.4) is 0 Å². The number of hydrogen-bond acceptors (Lipinski definition) is 3. The fraction of sp³-hybridized carbons (Fsp3) is 0.0385. The van der Waals surface area contributed by atoms with Crippen molar-refractivity contribution >= 4 is 23.9 Å². The van der Waals surface area contributed by atoms with Crippen LogP contribution in [-0.2, 0) is 34.1 Å². The van der Waals surface area contributed by atoms with E-state index in [4.69, 9.17) is 0 Å². The summed E-state index contributed by atoms with van der Waals surface area (Å²) in [5.41, 5.74) is 3.35. The van der Waals surface area contributed by atoms with Crippen LogP contribution in [0.25, 0.3) is 6.08 Å². The summed E-state index contributed by atoms with van der Waals surface area (Å²) in [6.07, 6.45) is 4.26. The van der Waals surface area contributed by atoms with Gasteiger partial charge in [-0.25, -0.2) is 30.3 Å². The molecule has 0 atom stereocenters. The van der Waals surface area contributed by atoms with Crippen LogP contribution in [0, 0.1) is 0 Å². The van der Waals surface area contributed by atoms with E-state index in [1.54, 1.807) is 25.1 Å². The van der Waals surface area contributed by atoms with E-state index in [0.29, 0.717) is 0 Å². The molecule has 0 unspecified atom stereocenters. The monoisotopic (exact) mass is 494 g/mol. The summed E-state index contributed by atoms with van der Waals surface area (Å²) >= 11 is 0. The molecule has 0 N–H and O–H groups in total. The predicted octanol–water partition coefficient (Wildman–Crippen LogP) is 5.84. The van der Waals surface area contributed by atoms with Crippen LogP contribution in [0.1, 0.15) is 43.6 Å². The van der Waals surface area contributed by atoms with Gasteiger partial charge in [0.2, 0.25) is 0 Å². The third-order valence-electron chi connectivity index (χ3n) is 3.96. The van der Waals surface area contributed by atoms with E-state index in [9.17, 15) is 14.4 Å². The topological polar surface area (TPSA) is 51.2 Å². The second-order valence-corrected chi connectivity index (χ2v) is 6.16. The molecule has 0 radical (unpaired) electrons. The van der Waals surface area contributed by atoms with Gasteiger partial charge in [0, 0.05) is 0 Å². The molecule has 0 spiro atoms. The fourth-order valence-electron chi connectivity index (χ4n) is 2.38. The van der Waals surface area contributed by atoms with E-state index < -0.39 is 0 Å². The largest absolute Gasteiger partial charge is 2.00 e. The van der Waals surface area contributed by atoms with Crippen molar-refractivity contribution in [3.8, 4) is 0 Å². The van der Waals surface area contributed by atoms with Crippen molar-refractivity contribution in [3.63, 3.8) is 0 Å². The zero-order chi connectivity index (χ0) is 20.9. The Morgan fingerprint density at radius 1 is 0.839 bits per heavy atom. The molecule has 4 aromatic carbocycles. The normalized spacial score (nSPS) is 9.19. The molecule has 5 heteroatoms. The van der Waals surface area contributed by atoms with E-state index in [-0.39, 0.29) is 45.7 Å². The van der Waals surface area contributed by atoms with Crippen LogP contribution in [0.15, 0.2) is 103 Å². The standard InChI is InChI=1S/C13H10O.C7H7O.C6H5O.2Fe/c14-13(12-7-3-4-8-12)10-9-11-5-1-2-6-11;1-6(8)7-4-2-3-5-7;7-5-6-3-1-2-4-6;;/h1-10H;2-5H,1H3;1-5H;;/q-2;2*-1;2*+2/b10-9+;;;;. The number of hydrogen-bond donors (Lipinski definition) is 0. The Morgan fingerprint density at radius 3 is 1.74 bits per heavy atom. The molecular formula is C26H22Fe2O3. The Hall–Kier alpha value is -2.81. The molecule has 0 fully saturated rings. The van der Waals surface area contributed by atoms with Gasteiger partial charge in [0.1, 0.15) is 11.6 Å². The molecule has 0 saturated heterocycles. The van der Waals surface area contributed by atoms with Crippen molar-refractivity contribution in [2.75, 3.05) is 0 Å². The van der Waals surface area contributed by atoms with Crippen molar-refractivity contribution in [1.82, 2.24) is 0 Å². The summed E-state index contributed by atoms with van der Waals surface area (Å²) in [6.45, 7) is 1.56. The number of carbonyl (C=O) groups excluding carboxylic acids is 3. The van der Waals surface area contributed by atoms with Crippen LogP contribution >= 0.6 is 0 Å². The SMILES string of the molecule is CC(=O)[c-]1cccc1.O=C(/C=C/c1cc[cH-]c1)[c-]1cccc1.O=C[c-]1cccc1.[Fe+2].[Fe+2]. The average Bonchev–Trinajstić information content (AvgIpc) is 3.55. The summed E-state index contributed by atoms with van der Waals surface area (Å²) in [4.78, 5) is 31.9. The zero-order valence-corrected chi connectivity index (χ0v) is 19.1. The first-order chi connectivity index (χ1) is 14.1. The summed E-state index contributed by atoms with van der Waals surface area (Å²) in [5, 5.41) is 0. The Bertz CT molecular complexity index is 989. The molecule has 0 aliphatic rings. The smallest absolute Gasteiger partial charge is 0.312 e. The summed E-state index contributed by atoms with van der Waals surface area (Å²) in [5.74, 6) is 0.186. The third-order valence-corrected chi connectivity index (χ3v) is 3.96. The van der Waals surface area contributed by atoms with Crippen LogP contribution in [-0.4, -0.2) is 17.9 Å². The van der Waals surface area contributed by atoms with Crippen molar-refractivity contribution in [3.05, 3.63) is 125 Å². The first-order valence-corrected chi connectivity index (χ1v) is 9.15. The van der Waals surface area contributed by atoms with Gasteiger partial charge < -0.3 is 14.4 Å². The average molecular weight is 494 g/mol. The van der Waals surface area contributed by atoms with E-state index in [2.05, 4.69) is 0 Å².